The van der Waals surface area contributed by atoms with Crippen molar-refractivity contribution in [3.8, 4) is 0 Å². The second kappa shape index (κ2) is 17.4. The summed E-state index contributed by atoms with van der Waals surface area (Å²) in [7, 11) is 4.75. The third kappa shape index (κ3) is 9.33. The predicted octanol–water partition coefficient (Wildman–Crippen LogP) is 2.10. The predicted molar refractivity (Wildman–Crippen MR) is 186 cm³/mol. The molecule has 3 aliphatic heterocycles. The molecular weight excluding hydrogens is 666 g/mol. The van der Waals surface area contributed by atoms with E-state index in [2.05, 4.69) is 5.32 Å². The third-order valence-corrected chi connectivity index (χ3v) is 12.0. The van der Waals surface area contributed by atoms with Crippen molar-refractivity contribution in [1.82, 2.24) is 5.32 Å². The molecule has 0 amide bonds. The summed E-state index contributed by atoms with van der Waals surface area (Å²) in [5, 5.41) is 48.4. The summed E-state index contributed by atoms with van der Waals surface area (Å²) < 4.78 is 43.7. The molecular formula is C37H67NO13. The summed E-state index contributed by atoms with van der Waals surface area (Å²) in [5.74, 6) is -4.47. The lowest BCUT2D eigenvalue weighted by Gasteiger charge is -2.49. The Hall–Kier alpha value is -1.30. The third-order valence-electron chi connectivity index (χ3n) is 12.0. The number of aliphatic hydroxyl groups is 4. The molecule has 0 aromatic heterocycles. The van der Waals surface area contributed by atoms with Crippen molar-refractivity contribution in [3.05, 3.63) is 0 Å². The summed E-state index contributed by atoms with van der Waals surface area (Å²) in [4.78, 5) is 28.1. The minimum absolute atomic E-state index is 0.109. The van der Waals surface area contributed by atoms with E-state index in [9.17, 15) is 30.0 Å². The fourth-order valence-electron chi connectivity index (χ4n) is 8.38. The van der Waals surface area contributed by atoms with Gasteiger partial charge in [-0.15, -0.1) is 0 Å². The largest absolute Gasteiger partial charge is 0.459 e. The van der Waals surface area contributed by atoms with Crippen LogP contribution in [0.1, 0.15) is 94.9 Å². The Morgan fingerprint density at radius 3 is 2.02 bits per heavy atom. The lowest BCUT2D eigenvalue weighted by Crippen LogP contribution is -2.61. The van der Waals surface area contributed by atoms with E-state index in [1.54, 1.807) is 55.5 Å². The molecule has 3 heterocycles. The first-order valence-electron chi connectivity index (χ1n) is 18.5. The van der Waals surface area contributed by atoms with Gasteiger partial charge in [-0.25, -0.2) is 0 Å². The number of aliphatic hydroxyl groups excluding tert-OH is 3. The van der Waals surface area contributed by atoms with Gasteiger partial charge < -0.3 is 58.9 Å². The Bertz CT molecular complexity index is 1160. The average molecular weight is 734 g/mol. The summed E-state index contributed by atoms with van der Waals surface area (Å²) in [5.41, 5.74) is -4.24. The highest BCUT2D eigenvalue weighted by atomic mass is 16.7. The minimum atomic E-state index is -1.96. The molecule has 0 saturated carbocycles. The number of carbonyl (C=O) groups excluding carboxylic acids is 2. The van der Waals surface area contributed by atoms with E-state index >= 15 is 0 Å². The number of nitrogens with one attached hydrogen (secondary N) is 1. The van der Waals surface area contributed by atoms with Gasteiger partial charge in [-0.3, -0.25) is 9.59 Å². The molecule has 18 atom stereocenters. The highest BCUT2D eigenvalue weighted by Crippen LogP contribution is 2.41. The van der Waals surface area contributed by atoms with Gasteiger partial charge in [-0.05, 0) is 67.9 Å². The monoisotopic (exact) mass is 733 g/mol. The fraction of sp³-hybridized carbons (Fsp3) is 0.946. The van der Waals surface area contributed by atoms with Crippen LogP contribution < -0.4 is 5.32 Å². The van der Waals surface area contributed by atoms with Crippen LogP contribution in [0.5, 0.6) is 0 Å². The minimum Gasteiger partial charge on any atom is -0.459 e. The number of cyclic esters (lactones) is 1. The molecule has 0 spiro atoms. The number of ether oxygens (including phenoxy) is 7. The van der Waals surface area contributed by atoms with Gasteiger partial charge in [0.05, 0.1) is 47.6 Å². The maximum absolute atomic E-state index is 14.1. The van der Waals surface area contributed by atoms with Crippen LogP contribution in [0, 0.1) is 23.7 Å². The second-order valence-corrected chi connectivity index (χ2v) is 16.0. The molecule has 3 saturated heterocycles. The van der Waals surface area contributed by atoms with Gasteiger partial charge in [0.2, 0.25) is 0 Å². The molecule has 5 N–H and O–H groups in total. The summed E-state index contributed by atoms with van der Waals surface area (Å²) >= 11 is 0. The van der Waals surface area contributed by atoms with E-state index in [-0.39, 0.29) is 37.2 Å². The molecule has 298 valence electrons. The van der Waals surface area contributed by atoms with E-state index in [0.717, 1.165) is 0 Å². The topological polar surface area (TPSA) is 192 Å². The number of hydrogen-bond acceptors (Lipinski definition) is 14. The maximum Gasteiger partial charge on any atom is 0.311 e. The molecule has 0 bridgehead atoms. The number of rotatable bonds is 8. The summed E-state index contributed by atoms with van der Waals surface area (Å²) in [6, 6.07) is -0.334. The van der Waals surface area contributed by atoms with Crippen LogP contribution in [0.3, 0.4) is 0 Å². The number of ketones is 1. The zero-order chi connectivity index (χ0) is 38.8. The summed E-state index contributed by atoms with van der Waals surface area (Å²) in [6.07, 6.45) is -8.78. The van der Waals surface area contributed by atoms with Crippen molar-refractivity contribution in [2.24, 2.45) is 23.7 Å². The number of Topliss-reactive ketones (excluding diaryl/α,β-unsaturated/α-hetero) is 1. The quantitative estimate of drug-likeness (QED) is 0.228. The van der Waals surface area contributed by atoms with Crippen LogP contribution in [0.15, 0.2) is 0 Å². The van der Waals surface area contributed by atoms with Gasteiger partial charge >= 0.3 is 5.97 Å². The lowest BCUT2D eigenvalue weighted by atomic mass is 9.74. The fourth-order valence-corrected chi connectivity index (χ4v) is 8.38. The van der Waals surface area contributed by atoms with Crippen LogP contribution in [0.2, 0.25) is 0 Å². The Labute approximate surface area is 304 Å². The molecule has 14 heteroatoms. The molecule has 0 aliphatic carbocycles. The standard InChI is InChI=1S/C37H67NO13/c1-14-25-37(10,44)30(41)20(4)27(39)18(2)16-36(9,46-13)32(51-34-28(40)24(38-11)15-19(3)47-34)21(5)29(22(6)33(43)49-25)50-26-17-35(8,45-12)31(42)23(7)48-26/h18-26,28-32,34,38,40-42,44H,14-17H2,1-13H3/t18-,19?,20+,21+,22-,23?,24?,25+,26?,28?,29+,30-,31?,32-,34?,35?,36-,37+/m1/s1. The van der Waals surface area contributed by atoms with Gasteiger partial charge in [0.25, 0.3) is 0 Å². The van der Waals surface area contributed by atoms with Crippen LogP contribution in [-0.4, -0.2) is 138 Å². The Morgan fingerprint density at radius 1 is 0.863 bits per heavy atom. The van der Waals surface area contributed by atoms with Gasteiger partial charge in [-0.2, -0.15) is 0 Å². The van der Waals surface area contributed by atoms with Crippen molar-refractivity contribution >= 4 is 11.8 Å². The van der Waals surface area contributed by atoms with Crippen molar-refractivity contribution in [2.75, 3.05) is 21.3 Å². The Kier molecular flexibility index (Phi) is 15.1. The molecule has 0 aromatic carbocycles. The molecule has 51 heavy (non-hydrogen) atoms. The van der Waals surface area contributed by atoms with Crippen molar-refractivity contribution < 1.29 is 63.2 Å². The zero-order valence-corrected chi connectivity index (χ0v) is 33.0. The van der Waals surface area contributed by atoms with E-state index in [1.165, 1.54) is 21.1 Å². The number of carbonyl (C=O) groups is 2. The maximum atomic E-state index is 14.1. The second-order valence-electron chi connectivity index (χ2n) is 16.0. The van der Waals surface area contributed by atoms with Gasteiger partial charge in [-0.1, -0.05) is 27.7 Å². The molecule has 0 aromatic rings. The molecule has 3 rings (SSSR count). The van der Waals surface area contributed by atoms with E-state index in [1.807, 2.05) is 13.8 Å². The van der Waals surface area contributed by atoms with E-state index in [4.69, 9.17) is 33.2 Å². The normalized spacial score (nSPS) is 49.6. The van der Waals surface area contributed by atoms with Crippen molar-refractivity contribution in [3.63, 3.8) is 0 Å². The lowest BCUT2D eigenvalue weighted by molar-refractivity contribution is -0.317. The molecule has 14 nitrogen and oxygen atoms in total. The SMILES string of the molecule is CC[C@@H]1OC(=O)[C@H](C)[C@@H](OC2CC(C)(OC)C(O)C(C)O2)[C@H](C)[C@@H](OC2OC(C)CC(NC)C2O)[C@](C)(OC)C[C@@H](C)C(=O)[C@H](C)[C@@H](O)[C@@]1(C)O. The highest BCUT2D eigenvalue weighted by Gasteiger charge is 2.54. The highest BCUT2D eigenvalue weighted by molar-refractivity contribution is 5.83. The number of methoxy groups -OCH3 is 2. The van der Waals surface area contributed by atoms with Gasteiger partial charge in [0.1, 0.15) is 29.7 Å². The van der Waals surface area contributed by atoms with Crippen LogP contribution >= 0.6 is 0 Å². The first kappa shape index (κ1) is 44.1. The first-order chi connectivity index (χ1) is 23.6. The van der Waals surface area contributed by atoms with E-state index in [0.29, 0.717) is 6.42 Å². The van der Waals surface area contributed by atoms with Crippen LogP contribution in [-0.2, 0) is 42.7 Å². The number of hydrogen-bond donors (Lipinski definition) is 5. The number of esters is 1. The first-order valence-corrected chi connectivity index (χ1v) is 18.5. The zero-order valence-electron chi connectivity index (χ0n) is 33.0. The van der Waals surface area contributed by atoms with Crippen molar-refractivity contribution in [2.45, 2.75) is 179 Å². The van der Waals surface area contributed by atoms with E-state index < -0.39 is 102 Å². The Morgan fingerprint density at radius 2 is 1.47 bits per heavy atom. The molecule has 3 aliphatic rings. The van der Waals surface area contributed by atoms with Crippen molar-refractivity contribution in [1.29, 1.82) is 0 Å². The number of likely N-dealkylation sites (N-methyl/N-ethyl adjacent to an activating group) is 1. The van der Waals surface area contributed by atoms with Crippen LogP contribution in [0.4, 0.5) is 0 Å². The molecule has 8 unspecified atom stereocenters. The van der Waals surface area contributed by atoms with Gasteiger partial charge in [0.15, 0.2) is 12.6 Å². The Balaban J connectivity index is 2.21. The molecule has 3 fully saturated rings. The van der Waals surface area contributed by atoms with Gasteiger partial charge in [0, 0.05) is 44.4 Å². The summed E-state index contributed by atoms with van der Waals surface area (Å²) in [6.45, 7) is 17.0. The van der Waals surface area contributed by atoms with Crippen LogP contribution in [0.25, 0.3) is 0 Å². The molecule has 0 radical (unpaired) electrons. The average Bonchev–Trinajstić information content (AvgIpc) is 3.09. The smallest absolute Gasteiger partial charge is 0.311 e.